The molecule has 2 aromatic carbocycles. The van der Waals surface area contributed by atoms with Crippen molar-refractivity contribution < 1.29 is 4.79 Å². The number of hydrogen-bond acceptors (Lipinski definition) is 5. The third-order valence-corrected chi connectivity index (χ3v) is 5.91. The summed E-state index contributed by atoms with van der Waals surface area (Å²) in [4.78, 5) is 19.7. The Morgan fingerprint density at radius 3 is 2.79 bits per heavy atom. The van der Waals surface area contributed by atoms with Crippen LogP contribution in [-0.4, -0.2) is 11.6 Å². The first-order valence-corrected chi connectivity index (χ1v) is 9.87. The Morgan fingerprint density at radius 2 is 2.00 bits per heavy atom. The summed E-state index contributed by atoms with van der Waals surface area (Å²) in [6.07, 6.45) is 1.99. The zero-order valence-corrected chi connectivity index (χ0v) is 16.3. The molecule has 1 atom stereocenters. The number of anilines is 1. The summed E-state index contributed by atoms with van der Waals surface area (Å²) in [7, 11) is 0. The first-order chi connectivity index (χ1) is 14.1. The van der Waals surface area contributed by atoms with Gasteiger partial charge < -0.3 is 5.73 Å². The van der Waals surface area contributed by atoms with Gasteiger partial charge in [0.1, 0.15) is 5.84 Å². The first kappa shape index (κ1) is 17.7. The molecule has 0 unspecified atom stereocenters. The van der Waals surface area contributed by atoms with E-state index < -0.39 is 5.92 Å². The van der Waals surface area contributed by atoms with Crippen LogP contribution in [0.4, 0.5) is 5.69 Å². The van der Waals surface area contributed by atoms with Gasteiger partial charge in [-0.25, -0.2) is 4.99 Å². The SMILES string of the molecule is N#CC1=C2N=C(N)c3ccccc3N2C2=C(C(=O)CCC2)[C@H]1c1cccc(Cl)c1. The van der Waals surface area contributed by atoms with E-state index in [1.165, 1.54) is 0 Å². The number of para-hydroxylation sites is 1. The molecule has 5 rings (SSSR count). The molecular weight excluding hydrogens is 384 g/mol. The van der Waals surface area contributed by atoms with E-state index in [4.69, 9.17) is 17.3 Å². The molecule has 142 valence electrons. The van der Waals surface area contributed by atoms with Gasteiger partial charge in [0.15, 0.2) is 11.6 Å². The highest BCUT2D eigenvalue weighted by Gasteiger charge is 2.42. The van der Waals surface area contributed by atoms with Crippen molar-refractivity contribution in [1.29, 1.82) is 5.26 Å². The average molecular weight is 401 g/mol. The third-order valence-electron chi connectivity index (χ3n) is 5.68. The minimum Gasteiger partial charge on any atom is -0.383 e. The molecule has 1 aliphatic carbocycles. The van der Waals surface area contributed by atoms with E-state index in [2.05, 4.69) is 11.1 Å². The van der Waals surface area contributed by atoms with Crippen LogP contribution in [0.5, 0.6) is 0 Å². The monoisotopic (exact) mass is 400 g/mol. The number of amidine groups is 1. The van der Waals surface area contributed by atoms with Crippen LogP contribution in [0.1, 0.15) is 36.3 Å². The molecule has 2 N–H and O–H groups in total. The van der Waals surface area contributed by atoms with Crippen molar-refractivity contribution >= 4 is 28.9 Å². The van der Waals surface area contributed by atoms with E-state index in [1.807, 2.05) is 47.4 Å². The highest BCUT2D eigenvalue weighted by atomic mass is 35.5. The molecule has 6 heteroatoms. The van der Waals surface area contributed by atoms with E-state index in [0.717, 1.165) is 35.4 Å². The number of aliphatic imine (C=N–C) groups is 1. The highest BCUT2D eigenvalue weighted by molar-refractivity contribution is 6.30. The minimum atomic E-state index is -0.491. The van der Waals surface area contributed by atoms with Gasteiger partial charge in [0.25, 0.3) is 0 Å². The standard InChI is InChI=1S/C23H17ClN4O/c24-14-6-3-5-13(11-14)20-16(12-25)23-27-22(26)15-7-1-2-8-17(15)28(23)18-9-4-10-19(29)21(18)20/h1-3,5-8,11,20H,4,9-10H2,(H2,26,27)/t20-/m0/s1. The number of allylic oxidation sites excluding steroid dienone is 3. The molecule has 0 bridgehead atoms. The van der Waals surface area contributed by atoms with Crippen LogP contribution in [0, 0.1) is 11.3 Å². The van der Waals surface area contributed by atoms with E-state index in [0.29, 0.717) is 34.2 Å². The Morgan fingerprint density at radius 1 is 1.17 bits per heavy atom. The molecule has 3 aliphatic rings. The molecule has 0 spiro atoms. The summed E-state index contributed by atoms with van der Waals surface area (Å²) in [5.41, 5.74) is 10.7. The number of carbonyl (C=O) groups excluding carboxylic acids is 1. The van der Waals surface area contributed by atoms with Crippen molar-refractivity contribution in [3.05, 3.63) is 87.3 Å². The Hall–Kier alpha value is -3.36. The number of halogens is 1. The fourth-order valence-electron chi connectivity index (χ4n) is 4.49. The van der Waals surface area contributed by atoms with Gasteiger partial charge in [-0.1, -0.05) is 35.9 Å². The zero-order chi connectivity index (χ0) is 20.1. The van der Waals surface area contributed by atoms with Crippen LogP contribution in [0.3, 0.4) is 0 Å². The first-order valence-electron chi connectivity index (χ1n) is 9.50. The van der Waals surface area contributed by atoms with E-state index in [9.17, 15) is 10.1 Å². The number of nitriles is 1. The van der Waals surface area contributed by atoms with Gasteiger partial charge in [-0.3, -0.25) is 9.69 Å². The number of hydrogen-bond donors (Lipinski definition) is 1. The van der Waals surface area contributed by atoms with Crippen LogP contribution in [0.2, 0.25) is 5.02 Å². The normalized spacial score (nSPS) is 20.6. The maximum atomic E-state index is 13.1. The molecular formula is C23H17ClN4O. The lowest BCUT2D eigenvalue weighted by Gasteiger charge is -2.41. The lowest BCUT2D eigenvalue weighted by Crippen LogP contribution is -2.39. The molecule has 0 saturated heterocycles. The molecule has 0 radical (unpaired) electrons. The summed E-state index contributed by atoms with van der Waals surface area (Å²) < 4.78 is 0. The number of ketones is 1. The molecule has 0 amide bonds. The summed E-state index contributed by atoms with van der Waals surface area (Å²) in [6.45, 7) is 0. The number of fused-ring (bicyclic) bond motifs is 4. The molecule has 2 heterocycles. The van der Waals surface area contributed by atoms with Crippen molar-refractivity contribution in [3.63, 3.8) is 0 Å². The quantitative estimate of drug-likeness (QED) is 0.768. The number of nitrogens with two attached hydrogens (primary N) is 1. The Kier molecular flexibility index (Phi) is 4.04. The van der Waals surface area contributed by atoms with Crippen LogP contribution in [0.15, 0.2) is 76.2 Å². The largest absolute Gasteiger partial charge is 0.383 e. The van der Waals surface area contributed by atoms with Crippen molar-refractivity contribution in [2.24, 2.45) is 10.7 Å². The second kappa shape index (κ2) is 6.61. The molecule has 5 nitrogen and oxygen atoms in total. The predicted molar refractivity (Wildman–Crippen MR) is 112 cm³/mol. The Bertz CT molecular complexity index is 1200. The average Bonchev–Trinajstić information content (AvgIpc) is 2.73. The second-order valence-corrected chi connectivity index (χ2v) is 7.76. The number of rotatable bonds is 1. The van der Waals surface area contributed by atoms with Crippen LogP contribution < -0.4 is 10.6 Å². The summed E-state index contributed by atoms with van der Waals surface area (Å²) in [5, 5.41) is 10.7. The molecule has 2 aromatic rings. The fraction of sp³-hybridized carbons (Fsp3) is 0.174. The van der Waals surface area contributed by atoms with Gasteiger partial charge in [-0.15, -0.1) is 0 Å². The molecule has 0 fully saturated rings. The van der Waals surface area contributed by atoms with Gasteiger partial charge in [0, 0.05) is 28.3 Å². The highest BCUT2D eigenvalue weighted by Crippen LogP contribution is 2.49. The van der Waals surface area contributed by atoms with Crippen molar-refractivity contribution in [2.45, 2.75) is 25.2 Å². The third kappa shape index (κ3) is 2.60. The second-order valence-electron chi connectivity index (χ2n) is 7.32. The lowest BCUT2D eigenvalue weighted by molar-refractivity contribution is -0.116. The molecule has 2 aliphatic heterocycles. The van der Waals surface area contributed by atoms with Crippen molar-refractivity contribution in [3.8, 4) is 6.07 Å². The van der Waals surface area contributed by atoms with Gasteiger partial charge in [-0.05, 0) is 42.7 Å². The van der Waals surface area contributed by atoms with Gasteiger partial charge in [0.2, 0.25) is 0 Å². The Balaban J connectivity index is 1.84. The van der Waals surface area contributed by atoms with Crippen LogP contribution >= 0.6 is 11.6 Å². The van der Waals surface area contributed by atoms with Crippen LogP contribution in [-0.2, 0) is 4.79 Å². The van der Waals surface area contributed by atoms with Crippen LogP contribution in [0.25, 0.3) is 0 Å². The Labute approximate surface area is 173 Å². The number of benzene rings is 2. The van der Waals surface area contributed by atoms with Crippen molar-refractivity contribution in [2.75, 3.05) is 4.90 Å². The maximum absolute atomic E-state index is 13.1. The zero-order valence-electron chi connectivity index (χ0n) is 15.5. The fourth-order valence-corrected chi connectivity index (χ4v) is 4.69. The smallest absolute Gasteiger partial charge is 0.161 e. The van der Waals surface area contributed by atoms with Gasteiger partial charge in [0.05, 0.1) is 23.2 Å². The van der Waals surface area contributed by atoms with E-state index in [1.54, 1.807) is 6.07 Å². The lowest BCUT2D eigenvalue weighted by atomic mass is 9.75. The molecule has 0 saturated carbocycles. The van der Waals surface area contributed by atoms with Gasteiger partial charge >= 0.3 is 0 Å². The molecule has 29 heavy (non-hydrogen) atoms. The molecule has 0 aromatic heterocycles. The van der Waals surface area contributed by atoms with E-state index in [-0.39, 0.29) is 5.78 Å². The number of nitrogens with zero attached hydrogens (tertiary/aromatic N) is 3. The number of Topliss-reactive ketones (excluding diaryl/α,β-unsaturated/α-hetero) is 1. The van der Waals surface area contributed by atoms with Gasteiger partial charge in [-0.2, -0.15) is 5.26 Å². The summed E-state index contributed by atoms with van der Waals surface area (Å²) >= 11 is 6.24. The topological polar surface area (TPSA) is 82.5 Å². The van der Waals surface area contributed by atoms with E-state index >= 15 is 0 Å². The summed E-state index contributed by atoms with van der Waals surface area (Å²) in [6, 6.07) is 17.4. The predicted octanol–water partition coefficient (Wildman–Crippen LogP) is 4.40. The maximum Gasteiger partial charge on any atom is 0.161 e. The van der Waals surface area contributed by atoms with Crippen molar-refractivity contribution in [1.82, 2.24) is 0 Å². The number of carbonyl (C=O) groups is 1. The summed E-state index contributed by atoms with van der Waals surface area (Å²) in [5.74, 6) is 0.454. The minimum absolute atomic E-state index is 0.0723.